The summed E-state index contributed by atoms with van der Waals surface area (Å²) >= 11 is 0. The Morgan fingerprint density at radius 1 is 1.05 bits per heavy atom. The molecule has 1 heterocycles. The highest BCUT2D eigenvalue weighted by molar-refractivity contribution is 5.55. The van der Waals surface area contributed by atoms with Crippen LogP contribution < -0.4 is 10.6 Å². The van der Waals surface area contributed by atoms with Crippen molar-refractivity contribution >= 4 is 5.69 Å². The lowest BCUT2D eigenvalue weighted by Crippen LogP contribution is -2.31. The van der Waals surface area contributed by atoms with Gasteiger partial charge < -0.3 is 10.6 Å². The standard InChI is InChI=1S/C17H26N2/c18-16(13-14-7-6-8-14)15-9-2-3-10-17(15)19-11-4-1-5-12-19/h2-3,9-10,14,16H,1,4-8,11-13,18H2. The Labute approximate surface area is 117 Å². The van der Waals surface area contributed by atoms with Crippen LogP contribution in [0.15, 0.2) is 24.3 Å². The summed E-state index contributed by atoms with van der Waals surface area (Å²) in [6, 6.07) is 9.03. The molecule has 104 valence electrons. The average Bonchev–Trinajstić information content (AvgIpc) is 2.43. The predicted molar refractivity (Wildman–Crippen MR) is 81.4 cm³/mol. The summed E-state index contributed by atoms with van der Waals surface area (Å²) in [7, 11) is 0. The summed E-state index contributed by atoms with van der Waals surface area (Å²) in [5.74, 6) is 0.879. The molecule has 2 N–H and O–H groups in total. The van der Waals surface area contributed by atoms with E-state index in [0.29, 0.717) is 0 Å². The number of hydrogen-bond donors (Lipinski definition) is 1. The van der Waals surface area contributed by atoms with Gasteiger partial charge >= 0.3 is 0 Å². The topological polar surface area (TPSA) is 29.3 Å². The summed E-state index contributed by atoms with van der Waals surface area (Å²) in [5.41, 5.74) is 9.26. The Balaban J connectivity index is 1.75. The van der Waals surface area contributed by atoms with Gasteiger partial charge in [0.15, 0.2) is 0 Å². The van der Waals surface area contributed by atoms with E-state index in [1.165, 1.54) is 69.3 Å². The van der Waals surface area contributed by atoms with E-state index in [4.69, 9.17) is 5.73 Å². The molecule has 1 saturated carbocycles. The Morgan fingerprint density at radius 3 is 2.47 bits per heavy atom. The number of rotatable bonds is 4. The highest BCUT2D eigenvalue weighted by Gasteiger charge is 2.23. The minimum absolute atomic E-state index is 0.225. The second-order valence-electron chi connectivity index (χ2n) is 6.25. The number of hydrogen-bond acceptors (Lipinski definition) is 2. The lowest BCUT2D eigenvalue weighted by Gasteiger charge is -2.33. The van der Waals surface area contributed by atoms with Gasteiger partial charge in [0.25, 0.3) is 0 Å². The molecule has 2 fully saturated rings. The van der Waals surface area contributed by atoms with Crippen molar-refractivity contribution in [3.63, 3.8) is 0 Å². The molecule has 1 aromatic carbocycles. The van der Waals surface area contributed by atoms with Gasteiger partial charge in [-0.25, -0.2) is 0 Å². The maximum absolute atomic E-state index is 6.49. The molecule has 1 aromatic rings. The summed E-state index contributed by atoms with van der Waals surface area (Å²) in [6.07, 6.45) is 9.39. The molecule has 1 unspecified atom stereocenters. The van der Waals surface area contributed by atoms with Crippen molar-refractivity contribution in [1.82, 2.24) is 0 Å². The summed E-state index contributed by atoms with van der Waals surface area (Å²) in [6.45, 7) is 2.40. The molecular weight excluding hydrogens is 232 g/mol. The van der Waals surface area contributed by atoms with Gasteiger partial charge in [-0.2, -0.15) is 0 Å². The Kier molecular flexibility index (Phi) is 4.07. The fourth-order valence-corrected chi connectivity index (χ4v) is 3.44. The van der Waals surface area contributed by atoms with Crippen molar-refractivity contribution in [3.05, 3.63) is 29.8 Å². The normalized spacial score (nSPS) is 22.1. The predicted octanol–water partition coefficient (Wildman–Crippen LogP) is 3.87. The van der Waals surface area contributed by atoms with E-state index >= 15 is 0 Å². The molecule has 1 aliphatic carbocycles. The first-order valence-corrected chi connectivity index (χ1v) is 7.94. The molecule has 0 spiro atoms. The van der Waals surface area contributed by atoms with Gasteiger partial charge in [0.2, 0.25) is 0 Å². The molecule has 1 atom stereocenters. The molecule has 3 rings (SSSR count). The van der Waals surface area contributed by atoms with E-state index in [9.17, 15) is 0 Å². The molecular formula is C17H26N2. The molecule has 1 aliphatic heterocycles. The fourth-order valence-electron chi connectivity index (χ4n) is 3.44. The first kappa shape index (κ1) is 13.0. The molecule has 0 aromatic heterocycles. The highest BCUT2D eigenvalue weighted by Crippen LogP contribution is 2.36. The molecule has 0 radical (unpaired) electrons. The van der Waals surface area contributed by atoms with Crippen molar-refractivity contribution < 1.29 is 0 Å². The van der Waals surface area contributed by atoms with Crippen LogP contribution in [-0.2, 0) is 0 Å². The lowest BCUT2D eigenvalue weighted by molar-refractivity contribution is 0.277. The minimum atomic E-state index is 0.225. The second-order valence-corrected chi connectivity index (χ2v) is 6.25. The van der Waals surface area contributed by atoms with Crippen LogP contribution in [-0.4, -0.2) is 13.1 Å². The van der Waals surface area contributed by atoms with Crippen LogP contribution in [0.4, 0.5) is 5.69 Å². The third-order valence-electron chi connectivity index (χ3n) is 4.84. The van der Waals surface area contributed by atoms with Gasteiger partial charge in [-0.1, -0.05) is 37.5 Å². The van der Waals surface area contributed by atoms with Crippen LogP contribution in [0.3, 0.4) is 0 Å². The number of para-hydroxylation sites is 1. The van der Waals surface area contributed by atoms with Crippen molar-refractivity contribution in [1.29, 1.82) is 0 Å². The van der Waals surface area contributed by atoms with Gasteiger partial charge in [0.1, 0.15) is 0 Å². The van der Waals surface area contributed by atoms with Crippen LogP contribution in [0.1, 0.15) is 56.6 Å². The monoisotopic (exact) mass is 258 g/mol. The molecule has 19 heavy (non-hydrogen) atoms. The number of nitrogens with zero attached hydrogens (tertiary/aromatic N) is 1. The molecule has 2 heteroatoms. The maximum atomic E-state index is 6.49. The molecule has 1 saturated heterocycles. The van der Waals surface area contributed by atoms with Gasteiger partial charge in [-0.3, -0.25) is 0 Å². The third-order valence-corrected chi connectivity index (χ3v) is 4.84. The van der Waals surface area contributed by atoms with E-state index in [1.54, 1.807) is 0 Å². The third kappa shape index (κ3) is 2.94. The van der Waals surface area contributed by atoms with Gasteiger partial charge in [0.05, 0.1) is 0 Å². The van der Waals surface area contributed by atoms with Crippen molar-refractivity contribution in [2.45, 2.75) is 51.0 Å². The number of piperidine rings is 1. The minimum Gasteiger partial charge on any atom is -0.371 e. The molecule has 0 amide bonds. The fraction of sp³-hybridized carbons (Fsp3) is 0.647. The smallest absolute Gasteiger partial charge is 0.0414 e. The second kappa shape index (κ2) is 5.96. The van der Waals surface area contributed by atoms with E-state index in [0.717, 1.165) is 5.92 Å². The summed E-state index contributed by atoms with van der Waals surface area (Å²) < 4.78 is 0. The van der Waals surface area contributed by atoms with Crippen LogP contribution >= 0.6 is 0 Å². The van der Waals surface area contributed by atoms with E-state index in [1.807, 2.05) is 0 Å². The Hall–Kier alpha value is -1.02. The van der Waals surface area contributed by atoms with Crippen LogP contribution in [0.2, 0.25) is 0 Å². The lowest BCUT2D eigenvalue weighted by atomic mass is 9.79. The van der Waals surface area contributed by atoms with Crippen molar-refractivity contribution in [2.24, 2.45) is 11.7 Å². The summed E-state index contributed by atoms with van der Waals surface area (Å²) in [4.78, 5) is 2.54. The van der Waals surface area contributed by atoms with E-state index in [2.05, 4.69) is 29.2 Å². The van der Waals surface area contributed by atoms with E-state index < -0.39 is 0 Å². The number of nitrogens with two attached hydrogens (primary N) is 1. The van der Waals surface area contributed by atoms with Gasteiger partial charge in [-0.05, 0) is 43.2 Å². The average molecular weight is 258 g/mol. The Morgan fingerprint density at radius 2 is 1.79 bits per heavy atom. The first-order valence-electron chi connectivity index (χ1n) is 7.94. The zero-order chi connectivity index (χ0) is 13.1. The van der Waals surface area contributed by atoms with E-state index in [-0.39, 0.29) is 6.04 Å². The number of benzene rings is 1. The van der Waals surface area contributed by atoms with Crippen LogP contribution in [0, 0.1) is 5.92 Å². The molecule has 2 nitrogen and oxygen atoms in total. The zero-order valence-electron chi connectivity index (χ0n) is 11.9. The van der Waals surface area contributed by atoms with Gasteiger partial charge in [-0.15, -0.1) is 0 Å². The largest absolute Gasteiger partial charge is 0.371 e. The molecule has 2 aliphatic rings. The van der Waals surface area contributed by atoms with Crippen LogP contribution in [0.25, 0.3) is 0 Å². The van der Waals surface area contributed by atoms with Crippen molar-refractivity contribution in [3.8, 4) is 0 Å². The summed E-state index contributed by atoms with van der Waals surface area (Å²) in [5, 5.41) is 0. The molecule has 0 bridgehead atoms. The maximum Gasteiger partial charge on any atom is 0.0414 e. The SMILES string of the molecule is NC(CC1CCC1)c1ccccc1N1CCCCC1. The highest BCUT2D eigenvalue weighted by atomic mass is 15.1. The quantitative estimate of drug-likeness (QED) is 0.888. The first-order chi connectivity index (χ1) is 9.34. The zero-order valence-corrected chi connectivity index (χ0v) is 11.9. The van der Waals surface area contributed by atoms with Crippen molar-refractivity contribution in [2.75, 3.05) is 18.0 Å². The Bertz CT molecular complexity index is 405. The van der Waals surface area contributed by atoms with Gasteiger partial charge in [0, 0.05) is 24.8 Å². The van der Waals surface area contributed by atoms with Crippen LogP contribution in [0.5, 0.6) is 0 Å². The number of anilines is 1.